The van der Waals surface area contributed by atoms with Crippen LogP contribution in [-0.2, 0) is 11.2 Å². The molecule has 5 heteroatoms. The molecule has 0 N–H and O–H groups in total. The molecule has 0 fully saturated rings. The van der Waals surface area contributed by atoms with Gasteiger partial charge in [-0.15, -0.1) is 5.10 Å². The topological polar surface area (TPSA) is 55.2 Å². The third-order valence-corrected chi connectivity index (χ3v) is 1.50. The highest BCUT2D eigenvalue weighted by Gasteiger charge is 1.92. The quantitative estimate of drug-likeness (QED) is 0.469. The zero-order valence-electron chi connectivity index (χ0n) is 5.15. The monoisotopic (exact) mass is 155 g/mol. The number of rotatable bonds is 3. The van der Waals surface area contributed by atoms with Gasteiger partial charge in [-0.1, -0.05) is 4.49 Å². The zero-order chi connectivity index (χ0) is 7.23. The van der Waals surface area contributed by atoms with E-state index in [1.165, 1.54) is 17.6 Å². The van der Waals surface area contributed by atoms with Crippen molar-refractivity contribution in [2.75, 3.05) is 6.54 Å². The molecular formula is C5H5N3OS. The normalized spacial score (nSPS) is 8.80. The maximum Gasteiger partial charge on any atom is 0.234 e. The molecule has 52 valence electrons. The van der Waals surface area contributed by atoms with Gasteiger partial charge in [-0.3, -0.25) is 0 Å². The Hall–Kier alpha value is -1.06. The van der Waals surface area contributed by atoms with Gasteiger partial charge in [0.15, 0.2) is 0 Å². The molecule has 0 aliphatic carbocycles. The summed E-state index contributed by atoms with van der Waals surface area (Å²) >= 11 is 1.30. The van der Waals surface area contributed by atoms with Crippen molar-refractivity contribution in [3.05, 3.63) is 11.1 Å². The Morgan fingerprint density at radius 3 is 3.30 bits per heavy atom. The first-order valence-corrected chi connectivity index (χ1v) is 3.56. The van der Waals surface area contributed by atoms with Crippen molar-refractivity contribution in [3.63, 3.8) is 0 Å². The third kappa shape index (κ3) is 2.05. The minimum atomic E-state index is 0.453. The fraction of sp³-hybridized carbons (Fsp3) is 0.400. The Balaban J connectivity index is 2.34. The Kier molecular flexibility index (Phi) is 2.73. The molecule has 1 aromatic heterocycles. The molecule has 0 saturated heterocycles. The highest BCUT2D eigenvalue weighted by molar-refractivity contribution is 7.03. The van der Waals surface area contributed by atoms with Crippen LogP contribution in [0.25, 0.3) is 0 Å². The molecule has 0 aromatic carbocycles. The molecule has 0 unspecified atom stereocenters. The number of aliphatic imine (C=N–C) groups is 1. The van der Waals surface area contributed by atoms with Crippen molar-refractivity contribution >= 4 is 17.6 Å². The van der Waals surface area contributed by atoms with E-state index in [1.54, 1.807) is 0 Å². The summed E-state index contributed by atoms with van der Waals surface area (Å²) in [6.07, 6.45) is 2.13. The second-order valence-electron chi connectivity index (χ2n) is 1.62. The lowest BCUT2D eigenvalue weighted by atomic mass is 10.3. The summed E-state index contributed by atoms with van der Waals surface area (Å²) in [5, 5.41) is 5.60. The molecule has 0 aliphatic rings. The van der Waals surface area contributed by atoms with Gasteiger partial charge in [0.05, 0.1) is 12.2 Å². The minimum Gasteiger partial charge on any atom is -0.211 e. The van der Waals surface area contributed by atoms with Gasteiger partial charge in [0.2, 0.25) is 6.08 Å². The van der Waals surface area contributed by atoms with Crippen molar-refractivity contribution in [2.45, 2.75) is 6.42 Å². The number of isocyanates is 1. The van der Waals surface area contributed by atoms with Gasteiger partial charge in [-0.2, -0.15) is 0 Å². The minimum absolute atomic E-state index is 0.453. The Bertz CT molecular complexity index is 227. The second kappa shape index (κ2) is 3.87. The molecule has 0 bridgehead atoms. The van der Waals surface area contributed by atoms with Crippen molar-refractivity contribution in [1.82, 2.24) is 9.59 Å². The molecular weight excluding hydrogens is 150 g/mol. The Morgan fingerprint density at radius 2 is 2.70 bits per heavy atom. The highest BCUT2D eigenvalue weighted by atomic mass is 32.1. The summed E-state index contributed by atoms with van der Waals surface area (Å²) in [7, 11) is 0. The van der Waals surface area contributed by atoms with Crippen LogP contribution in [0.15, 0.2) is 10.4 Å². The summed E-state index contributed by atoms with van der Waals surface area (Å²) < 4.78 is 3.65. The molecule has 1 rings (SSSR count). The van der Waals surface area contributed by atoms with Crippen LogP contribution >= 0.6 is 11.5 Å². The first-order valence-electron chi connectivity index (χ1n) is 2.73. The predicted octanol–water partition coefficient (Wildman–Crippen LogP) is 0.416. The van der Waals surface area contributed by atoms with Gasteiger partial charge in [-0.05, 0) is 11.5 Å². The smallest absolute Gasteiger partial charge is 0.211 e. The van der Waals surface area contributed by atoms with E-state index in [4.69, 9.17) is 0 Å². The second-order valence-corrected chi connectivity index (χ2v) is 2.23. The van der Waals surface area contributed by atoms with Crippen molar-refractivity contribution in [3.8, 4) is 0 Å². The van der Waals surface area contributed by atoms with Crippen LogP contribution < -0.4 is 0 Å². The van der Waals surface area contributed by atoms with Crippen LogP contribution in [0.4, 0.5) is 0 Å². The number of hydrogen-bond donors (Lipinski definition) is 0. The van der Waals surface area contributed by atoms with Crippen LogP contribution in [0.3, 0.4) is 0 Å². The summed E-state index contributed by atoms with van der Waals surface area (Å²) in [5.74, 6) is 0. The summed E-state index contributed by atoms with van der Waals surface area (Å²) in [6, 6.07) is 0. The lowest BCUT2D eigenvalue weighted by molar-refractivity contribution is 0.563. The molecule has 0 saturated carbocycles. The summed E-state index contributed by atoms with van der Waals surface area (Å²) in [5.41, 5.74) is 0.879. The third-order valence-electron chi connectivity index (χ3n) is 0.949. The van der Waals surface area contributed by atoms with E-state index in [9.17, 15) is 4.79 Å². The van der Waals surface area contributed by atoms with Crippen LogP contribution in [-0.4, -0.2) is 22.2 Å². The predicted molar refractivity (Wildman–Crippen MR) is 36.6 cm³/mol. The maximum atomic E-state index is 9.61. The fourth-order valence-corrected chi connectivity index (χ4v) is 0.995. The largest absolute Gasteiger partial charge is 0.234 e. The molecule has 0 aliphatic heterocycles. The SMILES string of the molecule is O=C=NCCc1csnn1. The van der Waals surface area contributed by atoms with Gasteiger partial charge < -0.3 is 0 Å². The van der Waals surface area contributed by atoms with Gasteiger partial charge in [0.25, 0.3) is 0 Å². The van der Waals surface area contributed by atoms with Crippen molar-refractivity contribution < 1.29 is 4.79 Å². The number of hydrogen-bond acceptors (Lipinski definition) is 5. The zero-order valence-corrected chi connectivity index (χ0v) is 5.97. The molecule has 1 aromatic rings. The number of aromatic nitrogens is 2. The average molecular weight is 155 g/mol. The number of carbonyl (C=O) groups excluding carboxylic acids is 1. The van der Waals surface area contributed by atoms with E-state index >= 15 is 0 Å². The summed E-state index contributed by atoms with van der Waals surface area (Å²) in [4.78, 5) is 13.0. The maximum absolute atomic E-state index is 9.61. The van der Waals surface area contributed by atoms with Crippen LogP contribution in [0, 0.1) is 0 Å². The molecule has 10 heavy (non-hydrogen) atoms. The van der Waals surface area contributed by atoms with E-state index in [2.05, 4.69) is 14.6 Å². The van der Waals surface area contributed by atoms with E-state index in [0.717, 1.165) is 5.69 Å². The van der Waals surface area contributed by atoms with Crippen molar-refractivity contribution in [1.29, 1.82) is 0 Å². The van der Waals surface area contributed by atoms with Crippen LogP contribution in [0.5, 0.6) is 0 Å². The molecule has 0 atom stereocenters. The molecule has 0 radical (unpaired) electrons. The highest BCUT2D eigenvalue weighted by Crippen LogP contribution is 1.96. The van der Waals surface area contributed by atoms with Crippen molar-refractivity contribution in [2.24, 2.45) is 4.99 Å². The molecule has 1 heterocycles. The van der Waals surface area contributed by atoms with Crippen LogP contribution in [0.1, 0.15) is 5.69 Å². The Morgan fingerprint density at radius 1 is 1.80 bits per heavy atom. The molecule has 4 nitrogen and oxygen atoms in total. The summed E-state index contributed by atoms with van der Waals surface area (Å²) in [6.45, 7) is 0.453. The van der Waals surface area contributed by atoms with E-state index in [0.29, 0.717) is 13.0 Å². The van der Waals surface area contributed by atoms with Gasteiger partial charge in [0, 0.05) is 11.8 Å². The van der Waals surface area contributed by atoms with E-state index < -0.39 is 0 Å². The van der Waals surface area contributed by atoms with Gasteiger partial charge in [0.1, 0.15) is 0 Å². The lowest BCUT2D eigenvalue weighted by Crippen LogP contribution is -1.88. The fourth-order valence-electron chi connectivity index (χ4n) is 0.509. The molecule has 0 amide bonds. The molecule has 0 spiro atoms. The van der Waals surface area contributed by atoms with E-state index in [-0.39, 0.29) is 0 Å². The van der Waals surface area contributed by atoms with Gasteiger partial charge >= 0.3 is 0 Å². The standard InChI is InChI=1S/C5H5N3OS/c9-4-6-2-1-5-3-10-8-7-5/h3H,1-2H2. The lowest BCUT2D eigenvalue weighted by Gasteiger charge is -1.83. The Labute approximate surface area is 61.8 Å². The number of nitrogens with zero attached hydrogens (tertiary/aromatic N) is 3. The first kappa shape index (κ1) is 7.05. The van der Waals surface area contributed by atoms with E-state index in [1.807, 2.05) is 5.38 Å². The average Bonchev–Trinajstić information content (AvgIpc) is 2.41. The van der Waals surface area contributed by atoms with Gasteiger partial charge in [-0.25, -0.2) is 9.79 Å². The van der Waals surface area contributed by atoms with Crippen LogP contribution in [0.2, 0.25) is 0 Å². The first-order chi connectivity index (χ1) is 4.93.